The minimum Gasteiger partial charge on any atom is -0.384 e. The zero-order chi connectivity index (χ0) is 11.5. The van der Waals surface area contributed by atoms with Crippen molar-refractivity contribution in [2.45, 2.75) is 0 Å². The van der Waals surface area contributed by atoms with Gasteiger partial charge in [0.15, 0.2) is 0 Å². The Bertz CT molecular complexity index is 516. The second-order valence-electron chi connectivity index (χ2n) is 2.69. The SMILES string of the molecule is Nc1ccc(Cl)c(C(=O)Nc2nnns2)n1. The van der Waals surface area contributed by atoms with Gasteiger partial charge in [0.05, 0.1) is 5.02 Å². The molecule has 0 saturated heterocycles. The minimum absolute atomic E-state index is 0.0388. The number of nitrogen functional groups attached to an aromatic ring is 1. The highest BCUT2D eigenvalue weighted by Crippen LogP contribution is 2.17. The molecule has 0 bridgehead atoms. The lowest BCUT2D eigenvalue weighted by atomic mass is 10.3. The van der Waals surface area contributed by atoms with Crippen LogP contribution in [0.15, 0.2) is 12.1 Å². The Kier molecular flexibility index (Phi) is 2.93. The summed E-state index contributed by atoms with van der Waals surface area (Å²) in [6, 6.07) is 3.00. The van der Waals surface area contributed by atoms with Gasteiger partial charge in [0, 0.05) is 11.5 Å². The topological polar surface area (TPSA) is 107 Å². The molecule has 0 aliphatic rings. The van der Waals surface area contributed by atoms with Crippen LogP contribution in [0.25, 0.3) is 0 Å². The van der Waals surface area contributed by atoms with Gasteiger partial charge in [-0.15, -0.1) is 0 Å². The molecule has 82 valence electrons. The molecule has 0 aliphatic carbocycles. The number of anilines is 2. The number of amides is 1. The van der Waals surface area contributed by atoms with Crippen LogP contribution < -0.4 is 11.1 Å². The monoisotopic (exact) mass is 256 g/mol. The molecule has 2 aromatic heterocycles. The molecule has 3 N–H and O–H groups in total. The van der Waals surface area contributed by atoms with Gasteiger partial charge in [0.2, 0.25) is 5.13 Å². The van der Waals surface area contributed by atoms with Gasteiger partial charge in [0.1, 0.15) is 11.5 Å². The normalized spacial score (nSPS) is 10.1. The zero-order valence-corrected chi connectivity index (χ0v) is 9.29. The summed E-state index contributed by atoms with van der Waals surface area (Å²) in [4.78, 5) is 15.5. The first-order valence-corrected chi connectivity index (χ1v) is 5.20. The standard InChI is InChI=1S/C7H5ClN6OS/c8-3-1-2-4(9)10-5(3)6(15)11-7-12-13-14-16-7/h1-2H,(H2,9,10)(H,11,12,14,15). The molecule has 0 spiro atoms. The molecule has 7 nitrogen and oxygen atoms in total. The third-order valence-corrected chi connectivity index (χ3v) is 2.42. The summed E-state index contributed by atoms with van der Waals surface area (Å²) in [5, 5.41) is 9.82. The number of halogens is 1. The van der Waals surface area contributed by atoms with Crippen molar-refractivity contribution in [3.8, 4) is 0 Å². The summed E-state index contributed by atoms with van der Waals surface area (Å²) in [7, 11) is 0. The minimum atomic E-state index is -0.504. The van der Waals surface area contributed by atoms with Crippen LogP contribution in [0.1, 0.15) is 10.5 Å². The van der Waals surface area contributed by atoms with E-state index in [4.69, 9.17) is 17.3 Å². The average molecular weight is 257 g/mol. The molecule has 0 aromatic carbocycles. The predicted octanol–water partition coefficient (Wildman–Crippen LogP) is 0.816. The lowest BCUT2D eigenvalue weighted by Crippen LogP contribution is -2.15. The largest absolute Gasteiger partial charge is 0.384 e. The van der Waals surface area contributed by atoms with E-state index in [0.29, 0.717) is 0 Å². The molecular weight excluding hydrogens is 252 g/mol. The molecule has 1 amide bonds. The lowest BCUT2D eigenvalue weighted by Gasteiger charge is -2.02. The fourth-order valence-electron chi connectivity index (χ4n) is 0.955. The van der Waals surface area contributed by atoms with Crippen molar-refractivity contribution in [1.29, 1.82) is 0 Å². The van der Waals surface area contributed by atoms with Gasteiger partial charge < -0.3 is 5.73 Å². The Hall–Kier alpha value is -1.80. The fraction of sp³-hybridized carbons (Fsp3) is 0. The maximum absolute atomic E-state index is 11.7. The van der Waals surface area contributed by atoms with Gasteiger partial charge in [-0.2, -0.15) is 0 Å². The van der Waals surface area contributed by atoms with Crippen LogP contribution in [0, 0.1) is 0 Å². The number of nitrogens with two attached hydrogens (primary N) is 1. The smallest absolute Gasteiger partial charge is 0.277 e. The Morgan fingerprint density at radius 1 is 1.50 bits per heavy atom. The highest BCUT2D eigenvalue weighted by molar-refractivity contribution is 7.09. The van der Waals surface area contributed by atoms with Crippen LogP contribution in [0.4, 0.5) is 10.9 Å². The van der Waals surface area contributed by atoms with E-state index in [1.165, 1.54) is 12.1 Å². The van der Waals surface area contributed by atoms with Crippen LogP contribution in [0.5, 0.6) is 0 Å². The Morgan fingerprint density at radius 2 is 2.31 bits per heavy atom. The molecule has 0 fully saturated rings. The van der Waals surface area contributed by atoms with Crippen molar-refractivity contribution in [2.24, 2.45) is 0 Å². The van der Waals surface area contributed by atoms with Gasteiger partial charge in [-0.25, -0.2) is 4.98 Å². The van der Waals surface area contributed by atoms with Gasteiger partial charge in [-0.3, -0.25) is 10.1 Å². The summed E-state index contributed by atoms with van der Waals surface area (Å²) < 4.78 is 3.50. The number of rotatable bonds is 2. The number of aromatic nitrogens is 4. The van der Waals surface area contributed by atoms with Gasteiger partial charge >= 0.3 is 0 Å². The zero-order valence-electron chi connectivity index (χ0n) is 7.72. The first-order valence-electron chi connectivity index (χ1n) is 4.05. The molecule has 9 heteroatoms. The number of hydrogen-bond acceptors (Lipinski definition) is 7. The van der Waals surface area contributed by atoms with E-state index in [-0.39, 0.29) is 21.7 Å². The maximum atomic E-state index is 11.7. The average Bonchev–Trinajstić information content (AvgIpc) is 2.74. The van der Waals surface area contributed by atoms with E-state index < -0.39 is 5.91 Å². The van der Waals surface area contributed by atoms with Gasteiger partial charge in [0.25, 0.3) is 5.91 Å². The summed E-state index contributed by atoms with van der Waals surface area (Å²) in [5.41, 5.74) is 5.49. The third-order valence-electron chi connectivity index (χ3n) is 1.60. The van der Waals surface area contributed by atoms with E-state index in [1.807, 2.05) is 0 Å². The van der Waals surface area contributed by atoms with Crippen molar-refractivity contribution in [3.63, 3.8) is 0 Å². The van der Waals surface area contributed by atoms with E-state index in [1.54, 1.807) is 0 Å². The highest BCUT2D eigenvalue weighted by atomic mass is 35.5. The van der Waals surface area contributed by atoms with Crippen LogP contribution in [-0.2, 0) is 0 Å². The van der Waals surface area contributed by atoms with Gasteiger partial charge in [-0.1, -0.05) is 21.2 Å². The van der Waals surface area contributed by atoms with Crippen molar-refractivity contribution < 1.29 is 4.79 Å². The fourth-order valence-corrected chi connectivity index (χ4v) is 1.51. The van der Waals surface area contributed by atoms with Crippen LogP contribution in [0.3, 0.4) is 0 Å². The first kappa shape index (κ1) is 10.7. The molecule has 0 saturated carbocycles. The van der Waals surface area contributed by atoms with Crippen molar-refractivity contribution in [2.75, 3.05) is 11.1 Å². The van der Waals surface area contributed by atoms with E-state index in [9.17, 15) is 4.79 Å². The van der Waals surface area contributed by atoms with E-state index >= 15 is 0 Å². The molecule has 0 atom stereocenters. The maximum Gasteiger partial charge on any atom is 0.277 e. The third kappa shape index (κ3) is 2.23. The number of carbonyl (C=O) groups excluding carboxylic acids is 1. The number of nitrogens with zero attached hydrogens (tertiary/aromatic N) is 4. The van der Waals surface area contributed by atoms with Crippen LogP contribution in [-0.4, -0.2) is 25.7 Å². The Balaban J connectivity index is 2.24. The first-order chi connectivity index (χ1) is 7.66. The molecule has 2 aromatic rings. The summed E-state index contributed by atoms with van der Waals surface area (Å²) in [6.45, 7) is 0. The van der Waals surface area contributed by atoms with Crippen LogP contribution >= 0.6 is 23.1 Å². The molecule has 2 rings (SSSR count). The van der Waals surface area contributed by atoms with Crippen molar-refractivity contribution in [1.82, 2.24) is 19.8 Å². The predicted molar refractivity (Wildman–Crippen MR) is 59.3 cm³/mol. The van der Waals surface area contributed by atoms with Crippen molar-refractivity contribution >= 4 is 40.0 Å². The summed E-state index contributed by atoms with van der Waals surface area (Å²) in [5.74, 6) is -0.291. The number of hydrogen-bond donors (Lipinski definition) is 2. The molecule has 0 aliphatic heterocycles. The Labute approximate surface area is 98.8 Å². The van der Waals surface area contributed by atoms with Crippen LogP contribution in [0.2, 0.25) is 5.02 Å². The van der Waals surface area contributed by atoms with E-state index in [2.05, 4.69) is 25.1 Å². The summed E-state index contributed by atoms with van der Waals surface area (Å²) in [6.07, 6.45) is 0. The summed E-state index contributed by atoms with van der Waals surface area (Å²) >= 11 is 6.75. The number of carbonyl (C=O) groups is 1. The molecule has 0 radical (unpaired) electrons. The van der Waals surface area contributed by atoms with E-state index in [0.717, 1.165) is 11.5 Å². The second kappa shape index (κ2) is 4.37. The molecular formula is C7H5ClN6OS. The highest BCUT2D eigenvalue weighted by Gasteiger charge is 2.14. The quantitative estimate of drug-likeness (QED) is 0.824. The van der Waals surface area contributed by atoms with Gasteiger partial charge in [-0.05, 0) is 17.3 Å². The lowest BCUT2D eigenvalue weighted by molar-refractivity contribution is 0.102. The van der Waals surface area contributed by atoms with Crippen molar-refractivity contribution in [3.05, 3.63) is 22.8 Å². The molecule has 16 heavy (non-hydrogen) atoms. The Morgan fingerprint density at radius 3 is 3.00 bits per heavy atom. The number of nitrogens with one attached hydrogen (secondary N) is 1. The number of pyridine rings is 1. The molecule has 0 unspecified atom stereocenters. The molecule has 2 heterocycles. The second-order valence-corrected chi connectivity index (χ2v) is 3.83.